The van der Waals surface area contributed by atoms with Crippen LogP contribution in [0.5, 0.6) is 5.75 Å². The van der Waals surface area contributed by atoms with E-state index in [-0.39, 0.29) is 16.9 Å². The van der Waals surface area contributed by atoms with Gasteiger partial charge in [0.25, 0.3) is 0 Å². The number of hydrogen-bond donors (Lipinski definition) is 6. The molecule has 10 nitrogen and oxygen atoms in total. The van der Waals surface area contributed by atoms with E-state index in [9.17, 15) is 39.9 Å². The van der Waals surface area contributed by atoms with E-state index >= 15 is 0 Å². The Morgan fingerprint density at radius 1 is 1.16 bits per heavy atom. The summed E-state index contributed by atoms with van der Waals surface area (Å²) < 4.78 is 0. The molecule has 0 spiro atoms. The summed E-state index contributed by atoms with van der Waals surface area (Å²) in [5, 5.41) is 60.1. The molecule has 0 saturated heterocycles. The smallest absolute Gasteiger partial charge is 0.202 e. The Morgan fingerprint density at radius 3 is 2.34 bits per heavy atom. The largest absolute Gasteiger partial charge is 0.508 e. The number of carbonyl (C=O) groups excluding carboxylic acids is 3. The van der Waals surface area contributed by atoms with Gasteiger partial charge in [0.2, 0.25) is 5.78 Å². The van der Waals surface area contributed by atoms with E-state index in [1.807, 2.05) is 13.8 Å². The number of hydrogen-bond acceptors (Lipinski definition) is 10. The quantitative estimate of drug-likeness (QED) is 0.297. The molecule has 6 atom stereocenters. The molecule has 3 aliphatic rings. The van der Waals surface area contributed by atoms with Crippen LogP contribution in [0.3, 0.4) is 0 Å². The third-order valence-electron chi connectivity index (χ3n) is 8.19. The number of phenols is 1. The van der Waals surface area contributed by atoms with Gasteiger partial charge in [-0.2, -0.15) is 0 Å². The van der Waals surface area contributed by atoms with E-state index in [4.69, 9.17) is 0 Å². The first-order valence-corrected chi connectivity index (χ1v) is 12.8. The minimum absolute atomic E-state index is 0.0153. The number of benzene rings is 1. The van der Waals surface area contributed by atoms with Crippen molar-refractivity contribution in [1.82, 2.24) is 10.2 Å². The van der Waals surface area contributed by atoms with Gasteiger partial charge in [-0.3, -0.25) is 19.3 Å². The summed E-state index contributed by atoms with van der Waals surface area (Å²) in [6.45, 7) is 7.83. The van der Waals surface area contributed by atoms with Gasteiger partial charge in [0.05, 0.1) is 23.6 Å². The Labute approximate surface area is 221 Å². The Kier molecular flexibility index (Phi) is 7.07. The molecular weight excluding hydrogens is 492 g/mol. The van der Waals surface area contributed by atoms with Crippen molar-refractivity contribution in [2.45, 2.75) is 57.9 Å². The number of fused-ring (bicyclic) bond motifs is 3. The molecule has 0 amide bonds. The molecule has 38 heavy (non-hydrogen) atoms. The molecule has 0 unspecified atom stereocenters. The third kappa shape index (κ3) is 3.81. The van der Waals surface area contributed by atoms with Gasteiger partial charge >= 0.3 is 0 Å². The van der Waals surface area contributed by atoms with Gasteiger partial charge in [-0.05, 0) is 45.0 Å². The SMILES string of the molecule is CC(=O)C1=C(O)[C@@]2(O)C(=O)C3=C(O)c4c(ccc(CNCC(C)C)c4O)[C@H](C)[C@H]3[C@H](O)[C@H]2[C@H](N(C)C)C1=O. The van der Waals surface area contributed by atoms with E-state index in [1.165, 1.54) is 19.0 Å². The van der Waals surface area contributed by atoms with Crippen molar-refractivity contribution in [3.63, 3.8) is 0 Å². The van der Waals surface area contributed by atoms with E-state index < -0.39 is 69.9 Å². The summed E-state index contributed by atoms with van der Waals surface area (Å²) in [7, 11) is 3.02. The molecule has 0 heterocycles. The Bertz CT molecular complexity index is 1280. The molecular formula is C28H36N2O8. The number of likely N-dealkylation sites (N-methyl/N-ethyl adjacent to an activating group) is 1. The fourth-order valence-corrected chi connectivity index (χ4v) is 6.40. The maximum Gasteiger partial charge on any atom is 0.202 e. The minimum Gasteiger partial charge on any atom is -0.508 e. The van der Waals surface area contributed by atoms with Crippen molar-refractivity contribution < 1.29 is 39.9 Å². The fraction of sp³-hybridized carbons (Fsp3) is 0.536. The predicted molar refractivity (Wildman–Crippen MR) is 138 cm³/mol. The minimum atomic E-state index is -2.84. The van der Waals surface area contributed by atoms with Crippen molar-refractivity contribution in [2.75, 3.05) is 20.6 Å². The summed E-state index contributed by atoms with van der Waals surface area (Å²) >= 11 is 0. The number of phenolic OH excluding ortho intramolecular Hbond substituents is 1. The average Bonchev–Trinajstić information content (AvgIpc) is 2.82. The molecule has 1 aromatic carbocycles. The van der Waals surface area contributed by atoms with Gasteiger partial charge in [-0.15, -0.1) is 0 Å². The zero-order valence-corrected chi connectivity index (χ0v) is 22.4. The van der Waals surface area contributed by atoms with Gasteiger partial charge in [0, 0.05) is 23.6 Å². The van der Waals surface area contributed by atoms with Crippen LogP contribution in [0, 0.1) is 17.8 Å². The molecule has 0 aromatic heterocycles. The zero-order chi connectivity index (χ0) is 28.4. The van der Waals surface area contributed by atoms with Crippen LogP contribution < -0.4 is 5.32 Å². The molecule has 3 aliphatic carbocycles. The monoisotopic (exact) mass is 528 g/mol. The maximum absolute atomic E-state index is 14.0. The topological polar surface area (TPSA) is 168 Å². The van der Waals surface area contributed by atoms with Crippen LogP contribution in [0.2, 0.25) is 0 Å². The molecule has 0 radical (unpaired) electrons. The third-order valence-corrected chi connectivity index (χ3v) is 8.19. The highest BCUT2D eigenvalue weighted by atomic mass is 16.4. The van der Waals surface area contributed by atoms with Gasteiger partial charge in [0.15, 0.2) is 17.2 Å². The van der Waals surface area contributed by atoms with Crippen molar-refractivity contribution in [3.05, 3.63) is 45.7 Å². The lowest BCUT2D eigenvalue weighted by Crippen LogP contribution is -2.70. The van der Waals surface area contributed by atoms with Gasteiger partial charge in [-0.25, -0.2) is 0 Å². The Hall–Kier alpha value is -3.05. The second kappa shape index (κ2) is 9.60. The molecule has 1 saturated carbocycles. The molecule has 10 heteroatoms. The molecule has 1 aromatic rings. The number of aliphatic hydroxyl groups excluding tert-OH is 3. The normalized spacial score (nSPS) is 31.1. The molecule has 6 N–H and O–H groups in total. The molecule has 206 valence electrons. The van der Waals surface area contributed by atoms with Crippen LogP contribution in [0.1, 0.15) is 50.3 Å². The highest BCUT2D eigenvalue weighted by molar-refractivity contribution is 6.25. The maximum atomic E-state index is 14.0. The van der Waals surface area contributed by atoms with E-state index in [0.717, 1.165) is 6.92 Å². The first-order valence-electron chi connectivity index (χ1n) is 12.8. The van der Waals surface area contributed by atoms with Crippen LogP contribution in [0.15, 0.2) is 29.0 Å². The van der Waals surface area contributed by atoms with Gasteiger partial charge in [0.1, 0.15) is 22.8 Å². The lowest BCUT2D eigenvalue weighted by molar-refractivity contribution is -0.169. The lowest BCUT2D eigenvalue weighted by Gasteiger charge is -2.53. The van der Waals surface area contributed by atoms with Crippen LogP contribution in [-0.2, 0) is 20.9 Å². The first-order chi connectivity index (χ1) is 17.7. The van der Waals surface area contributed by atoms with Crippen LogP contribution in [-0.4, -0.2) is 86.2 Å². The molecule has 4 rings (SSSR count). The summed E-state index contributed by atoms with van der Waals surface area (Å²) in [6, 6.07) is 2.14. The second-order valence-electron chi connectivity index (χ2n) is 11.3. The van der Waals surface area contributed by atoms with Crippen molar-refractivity contribution in [3.8, 4) is 5.75 Å². The summed E-state index contributed by atoms with van der Waals surface area (Å²) in [4.78, 5) is 41.0. The molecule has 1 fully saturated rings. The predicted octanol–water partition coefficient (Wildman–Crippen LogP) is 1.35. The number of aliphatic hydroxyl groups is 4. The number of nitrogens with one attached hydrogen (secondary N) is 1. The summed E-state index contributed by atoms with van der Waals surface area (Å²) in [5.41, 5.74) is -2.92. The van der Waals surface area contributed by atoms with Gasteiger partial charge in [-0.1, -0.05) is 32.9 Å². The van der Waals surface area contributed by atoms with Gasteiger partial charge < -0.3 is 30.8 Å². The molecule has 0 bridgehead atoms. The van der Waals surface area contributed by atoms with Crippen LogP contribution >= 0.6 is 0 Å². The van der Waals surface area contributed by atoms with E-state index in [1.54, 1.807) is 19.1 Å². The lowest BCUT2D eigenvalue weighted by atomic mass is 9.54. The molecule has 0 aliphatic heterocycles. The standard InChI is InChI=1S/C28H36N2O8/c1-11(2)9-29-10-14-7-8-15-12(3)16-19(23(33)18(15)22(14)32)27(37)28(38)20(24(16)34)21(30(5)6)25(35)17(13(4)31)26(28)36/h7-8,11-12,16,20-21,24,29,32-34,36,38H,9-10H2,1-6H3/t12-,16+,20+,21-,24-,28+/m0/s1. The van der Waals surface area contributed by atoms with Crippen molar-refractivity contribution in [2.24, 2.45) is 17.8 Å². The highest BCUT2D eigenvalue weighted by Crippen LogP contribution is 2.56. The number of carbonyl (C=O) groups is 3. The number of ketones is 3. The Morgan fingerprint density at radius 2 is 1.79 bits per heavy atom. The van der Waals surface area contributed by atoms with E-state index in [0.29, 0.717) is 30.1 Å². The van der Waals surface area contributed by atoms with Crippen molar-refractivity contribution >= 4 is 23.1 Å². The highest BCUT2D eigenvalue weighted by Gasteiger charge is 2.68. The Balaban J connectivity index is 1.94. The first kappa shape index (κ1) is 28.0. The number of nitrogens with zero attached hydrogens (tertiary/aromatic N) is 1. The summed E-state index contributed by atoms with van der Waals surface area (Å²) in [6.07, 6.45) is -1.57. The van der Waals surface area contributed by atoms with E-state index in [2.05, 4.69) is 5.32 Å². The number of aromatic hydroxyl groups is 1. The van der Waals surface area contributed by atoms with Crippen LogP contribution in [0.4, 0.5) is 0 Å². The number of rotatable bonds is 6. The zero-order valence-electron chi connectivity index (χ0n) is 22.4. The average molecular weight is 529 g/mol. The van der Waals surface area contributed by atoms with Crippen molar-refractivity contribution in [1.29, 1.82) is 0 Å². The summed E-state index contributed by atoms with van der Waals surface area (Å²) in [5.74, 6) is -7.55. The van der Waals surface area contributed by atoms with Crippen LogP contribution in [0.25, 0.3) is 5.76 Å². The second-order valence-corrected chi connectivity index (χ2v) is 11.3. The number of Topliss-reactive ketones (excluding diaryl/α,β-unsaturated/α-hetero) is 3. The fourth-order valence-electron chi connectivity index (χ4n) is 6.40.